The Morgan fingerprint density at radius 1 is 1.22 bits per heavy atom. The lowest BCUT2D eigenvalue weighted by Crippen LogP contribution is -2.42. The van der Waals surface area contributed by atoms with Gasteiger partial charge >= 0.3 is 0 Å². The molecule has 0 aromatic carbocycles. The lowest BCUT2D eigenvalue weighted by atomic mass is 9.82. The molecule has 1 aliphatic carbocycles. The van der Waals surface area contributed by atoms with Crippen molar-refractivity contribution in [2.75, 3.05) is 31.1 Å². The summed E-state index contributed by atoms with van der Waals surface area (Å²) in [6, 6.07) is 4.19. The third kappa shape index (κ3) is 5.59. The van der Waals surface area contributed by atoms with E-state index in [4.69, 9.17) is 4.99 Å². The monoisotopic (exact) mass is 523 g/mol. The van der Waals surface area contributed by atoms with Crippen molar-refractivity contribution >= 4 is 51.1 Å². The molecule has 1 aromatic rings. The highest BCUT2D eigenvalue weighted by Gasteiger charge is 2.36. The summed E-state index contributed by atoms with van der Waals surface area (Å²) in [4.78, 5) is 8.59. The summed E-state index contributed by atoms with van der Waals surface area (Å²) in [5.74, 6) is 3.49. The van der Waals surface area contributed by atoms with Crippen LogP contribution >= 0.6 is 35.3 Å². The van der Waals surface area contributed by atoms with Crippen LogP contribution in [0.5, 0.6) is 0 Å². The van der Waals surface area contributed by atoms with E-state index in [2.05, 4.69) is 27.7 Å². The first-order valence-corrected chi connectivity index (χ1v) is 12.6. The van der Waals surface area contributed by atoms with Crippen LogP contribution in [0.4, 0.5) is 0 Å². The van der Waals surface area contributed by atoms with Crippen LogP contribution in [0.3, 0.4) is 0 Å². The van der Waals surface area contributed by atoms with E-state index in [9.17, 15) is 8.42 Å². The fraction of sp³-hybridized carbons (Fsp3) is 0.737. The van der Waals surface area contributed by atoms with Crippen LogP contribution in [-0.2, 0) is 16.4 Å². The maximum absolute atomic E-state index is 11.7. The standard InChI is InChI=1S/C19H29N3O2S2.HI/c23-26(24)9-7-15(14-26)10-20-19(21-11-18-6-3-8-25-18)22-12-16-4-1-2-5-17(16)13-22;/h3,6,8,15-17H,1-2,4-5,7,9-14H2,(H,20,21);1H. The van der Waals surface area contributed by atoms with E-state index in [0.29, 0.717) is 24.6 Å². The highest BCUT2D eigenvalue weighted by molar-refractivity contribution is 14.0. The van der Waals surface area contributed by atoms with E-state index in [1.54, 1.807) is 11.3 Å². The molecule has 3 atom stereocenters. The number of nitrogens with one attached hydrogen (secondary N) is 1. The van der Waals surface area contributed by atoms with Crippen molar-refractivity contribution in [1.29, 1.82) is 0 Å². The molecule has 5 nitrogen and oxygen atoms in total. The second kappa shape index (κ2) is 9.43. The fourth-order valence-corrected chi connectivity index (χ4v) is 7.16. The quantitative estimate of drug-likeness (QED) is 0.374. The van der Waals surface area contributed by atoms with Gasteiger partial charge in [0.25, 0.3) is 0 Å². The first-order valence-electron chi connectivity index (χ1n) is 9.85. The normalized spacial score (nSPS) is 30.0. The first kappa shape index (κ1) is 21.4. The van der Waals surface area contributed by atoms with Crippen LogP contribution in [0.1, 0.15) is 37.0 Å². The number of fused-ring (bicyclic) bond motifs is 1. The summed E-state index contributed by atoms with van der Waals surface area (Å²) in [5, 5.41) is 5.62. The van der Waals surface area contributed by atoms with E-state index in [0.717, 1.165) is 37.3 Å². The molecule has 3 unspecified atom stereocenters. The van der Waals surface area contributed by atoms with Gasteiger partial charge in [0.05, 0.1) is 18.1 Å². The number of sulfone groups is 1. The van der Waals surface area contributed by atoms with Crippen molar-refractivity contribution in [3.05, 3.63) is 22.4 Å². The molecule has 3 aliphatic rings. The topological polar surface area (TPSA) is 61.8 Å². The minimum atomic E-state index is -2.82. The molecule has 1 saturated carbocycles. The average Bonchev–Trinajstić information content (AvgIpc) is 3.34. The Hall–Kier alpha value is -0.350. The van der Waals surface area contributed by atoms with Crippen LogP contribution < -0.4 is 5.32 Å². The number of aliphatic imine (C=N–C) groups is 1. The summed E-state index contributed by atoms with van der Waals surface area (Å²) in [6.07, 6.45) is 6.20. The Morgan fingerprint density at radius 2 is 1.96 bits per heavy atom. The number of nitrogens with zero attached hydrogens (tertiary/aromatic N) is 2. The van der Waals surface area contributed by atoms with Crippen molar-refractivity contribution < 1.29 is 8.42 Å². The summed E-state index contributed by atoms with van der Waals surface area (Å²) >= 11 is 1.74. The number of likely N-dealkylation sites (tertiary alicyclic amines) is 1. The predicted molar refractivity (Wildman–Crippen MR) is 123 cm³/mol. The molecule has 1 aromatic heterocycles. The number of thiophene rings is 1. The number of hydrogen-bond acceptors (Lipinski definition) is 4. The predicted octanol–water partition coefficient (Wildman–Crippen LogP) is 3.37. The number of rotatable bonds is 4. The molecular formula is C19H30IN3O2S2. The Bertz CT molecular complexity index is 722. The maximum atomic E-state index is 11.7. The molecule has 4 rings (SSSR count). The molecule has 0 spiro atoms. The largest absolute Gasteiger partial charge is 0.356 e. The molecule has 27 heavy (non-hydrogen) atoms. The first-order chi connectivity index (χ1) is 12.6. The second-order valence-corrected chi connectivity index (χ2v) is 11.3. The molecule has 1 N–H and O–H groups in total. The Kier molecular flexibility index (Phi) is 7.46. The van der Waals surface area contributed by atoms with Gasteiger partial charge in [-0.1, -0.05) is 18.9 Å². The molecule has 3 fully saturated rings. The number of hydrogen-bond donors (Lipinski definition) is 1. The van der Waals surface area contributed by atoms with Crippen molar-refractivity contribution in [2.45, 2.75) is 38.6 Å². The Balaban J connectivity index is 0.00000210. The van der Waals surface area contributed by atoms with Crippen molar-refractivity contribution in [1.82, 2.24) is 10.2 Å². The lowest BCUT2D eigenvalue weighted by molar-refractivity contribution is 0.299. The second-order valence-electron chi connectivity index (χ2n) is 8.08. The van der Waals surface area contributed by atoms with Gasteiger partial charge < -0.3 is 10.2 Å². The van der Waals surface area contributed by atoms with E-state index in [-0.39, 0.29) is 29.9 Å². The molecule has 0 amide bonds. The molecule has 3 heterocycles. The van der Waals surface area contributed by atoms with Gasteiger partial charge in [0, 0.05) is 24.5 Å². The minimum absolute atomic E-state index is 0. The number of guanidine groups is 1. The molecule has 152 valence electrons. The highest BCUT2D eigenvalue weighted by atomic mass is 127. The summed E-state index contributed by atoms with van der Waals surface area (Å²) in [6.45, 7) is 3.62. The SMILES string of the molecule is I.O=S1(=O)CCC(CNC(=NCc2cccs2)N2CC3CCCCC3C2)C1. The van der Waals surface area contributed by atoms with Gasteiger partial charge in [0.1, 0.15) is 0 Å². The summed E-state index contributed by atoms with van der Waals surface area (Å²) in [5.41, 5.74) is 0. The average molecular weight is 524 g/mol. The molecule has 2 aliphatic heterocycles. The van der Waals surface area contributed by atoms with Gasteiger partial charge in [0.15, 0.2) is 15.8 Å². The molecule has 0 radical (unpaired) electrons. The zero-order chi connectivity index (χ0) is 18.0. The molecule has 2 saturated heterocycles. The minimum Gasteiger partial charge on any atom is -0.356 e. The van der Waals surface area contributed by atoms with Gasteiger partial charge in [0.2, 0.25) is 0 Å². The van der Waals surface area contributed by atoms with Crippen LogP contribution in [-0.4, -0.2) is 50.4 Å². The van der Waals surface area contributed by atoms with E-state index in [1.165, 1.54) is 30.6 Å². The zero-order valence-electron chi connectivity index (χ0n) is 15.7. The third-order valence-corrected chi connectivity index (χ3v) is 8.81. The Morgan fingerprint density at radius 3 is 2.56 bits per heavy atom. The highest BCUT2D eigenvalue weighted by Crippen LogP contribution is 2.36. The zero-order valence-corrected chi connectivity index (χ0v) is 19.6. The van der Waals surface area contributed by atoms with Crippen molar-refractivity contribution in [2.24, 2.45) is 22.7 Å². The van der Waals surface area contributed by atoms with Gasteiger partial charge in [-0.15, -0.1) is 35.3 Å². The van der Waals surface area contributed by atoms with Crippen molar-refractivity contribution in [3.63, 3.8) is 0 Å². The van der Waals surface area contributed by atoms with Crippen LogP contribution in [0.2, 0.25) is 0 Å². The smallest absolute Gasteiger partial charge is 0.194 e. The third-order valence-electron chi connectivity index (χ3n) is 6.12. The molecular weight excluding hydrogens is 493 g/mol. The van der Waals surface area contributed by atoms with E-state index < -0.39 is 9.84 Å². The van der Waals surface area contributed by atoms with E-state index in [1.807, 2.05) is 0 Å². The van der Waals surface area contributed by atoms with Crippen LogP contribution in [0.15, 0.2) is 22.5 Å². The molecule has 8 heteroatoms. The molecule has 0 bridgehead atoms. The number of halogens is 1. The van der Waals surface area contributed by atoms with E-state index >= 15 is 0 Å². The van der Waals surface area contributed by atoms with Gasteiger partial charge in [-0.2, -0.15) is 0 Å². The van der Waals surface area contributed by atoms with Crippen LogP contribution in [0, 0.1) is 17.8 Å². The summed E-state index contributed by atoms with van der Waals surface area (Å²) in [7, 11) is -2.82. The van der Waals surface area contributed by atoms with Crippen LogP contribution in [0.25, 0.3) is 0 Å². The Labute approximate surface area is 184 Å². The lowest BCUT2D eigenvalue weighted by Gasteiger charge is -2.23. The maximum Gasteiger partial charge on any atom is 0.194 e. The van der Waals surface area contributed by atoms with Crippen molar-refractivity contribution in [3.8, 4) is 0 Å². The summed E-state index contributed by atoms with van der Waals surface area (Å²) < 4.78 is 23.5. The van der Waals surface area contributed by atoms with Gasteiger partial charge in [-0.3, -0.25) is 0 Å². The van der Waals surface area contributed by atoms with Gasteiger partial charge in [-0.25, -0.2) is 13.4 Å². The van der Waals surface area contributed by atoms with Gasteiger partial charge in [-0.05, 0) is 48.5 Å². The fourth-order valence-electron chi connectivity index (χ4n) is 4.67.